The van der Waals surface area contributed by atoms with Gasteiger partial charge in [-0.25, -0.2) is 13.8 Å². The zero-order chi connectivity index (χ0) is 29.1. The predicted molar refractivity (Wildman–Crippen MR) is 157 cm³/mol. The molecule has 42 heavy (non-hydrogen) atoms. The number of anilines is 2. The van der Waals surface area contributed by atoms with Crippen molar-refractivity contribution in [1.29, 1.82) is 0 Å². The summed E-state index contributed by atoms with van der Waals surface area (Å²) in [5, 5.41) is 3.19. The number of amides is 1. The van der Waals surface area contributed by atoms with E-state index in [9.17, 15) is 13.6 Å². The van der Waals surface area contributed by atoms with Crippen LogP contribution in [0.15, 0.2) is 60.7 Å². The van der Waals surface area contributed by atoms with E-state index >= 15 is 0 Å². The molecule has 2 saturated heterocycles. The van der Waals surface area contributed by atoms with Gasteiger partial charge in [0.05, 0.1) is 24.2 Å². The van der Waals surface area contributed by atoms with E-state index in [4.69, 9.17) is 9.72 Å². The molecule has 0 radical (unpaired) electrons. The highest BCUT2D eigenvalue weighted by atomic mass is 19.3. The maximum absolute atomic E-state index is 14.2. The standard InChI is InChI=1S/C31H35F2N7O2/c1-21(30(41)39-13-7-10-23(20-39)18-22-8-3-2-4-9-22)34-31-36-26(38-14-16-42-17-15-38)19-27(37-31)40-25-12-6-5-11-24(25)35-29(40)28(32)33/h2-6,8-9,11-12,19,21,23,28H,7,10,13-18,20H2,1H3,(H,34,36,37)/t21-,23?/m0/s1. The number of alkyl halides is 2. The molecule has 220 valence electrons. The van der Waals surface area contributed by atoms with Crippen LogP contribution in [0.5, 0.6) is 0 Å². The first-order chi connectivity index (χ1) is 20.5. The van der Waals surface area contributed by atoms with Crippen molar-refractivity contribution in [1.82, 2.24) is 24.4 Å². The number of morpholine rings is 1. The van der Waals surface area contributed by atoms with Gasteiger partial charge in [-0.05, 0) is 49.8 Å². The Morgan fingerprint density at radius 3 is 2.52 bits per heavy atom. The Labute approximate surface area is 243 Å². The Hall–Kier alpha value is -4.12. The van der Waals surface area contributed by atoms with Crippen LogP contribution in [0.4, 0.5) is 20.5 Å². The molecule has 1 amide bonds. The van der Waals surface area contributed by atoms with Gasteiger partial charge in [0.25, 0.3) is 6.43 Å². The fraction of sp³-hybridized carbons (Fsp3) is 0.419. The molecule has 2 aromatic carbocycles. The average molecular weight is 576 g/mol. The molecule has 0 spiro atoms. The fourth-order valence-electron chi connectivity index (χ4n) is 5.90. The molecule has 4 aromatic rings. The smallest absolute Gasteiger partial charge is 0.296 e. The highest BCUT2D eigenvalue weighted by Gasteiger charge is 2.28. The summed E-state index contributed by atoms with van der Waals surface area (Å²) in [7, 11) is 0. The number of halogens is 2. The van der Waals surface area contributed by atoms with Crippen molar-refractivity contribution < 1.29 is 18.3 Å². The van der Waals surface area contributed by atoms with E-state index in [1.807, 2.05) is 28.0 Å². The number of ether oxygens (including phenoxy) is 1. The third-order valence-electron chi connectivity index (χ3n) is 7.96. The van der Waals surface area contributed by atoms with Gasteiger partial charge in [-0.2, -0.15) is 9.97 Å². The van der Waals surface area contributed by atoms with E-state index in [1.54, 1.807) is 37.3 Å². The van der Waals surface area contributed by atoms with Crippen LogP contribution in [0.25, 0.3) is 16.9 Å². The highest BCUT2D eigenvalue weighted by molar-refractivity contribution is 5.84. The molecule has 0 saturated carbocycles. The zero-order valence-corrected chi connectivity index (χ0v) is 23.6. The number of nitrogens with zero attached hydrogens (tertiary/aromatic N) is 6. The van der Waals surface area contributed by atoms with Gasteiger partial charge in [0.1, 0.15) is 17.7 Å². The van der Waals surface area contributed by atoms with Crippen LogP contribution < -0.4 is 10.2 Å². The SMILES string of the molecule is C[C@H](Nc1nc(N2CCOCC2)cc(-n2c(C(F)F)nc3ccccc32)n1)C(=O)N1CCCC(Cc2ccccc2)C1. The van der Waals surface area contributed by atoms with Gasteiger partial charge < -0.3 is 19.9 Å². The monoisotopic (exact) mass is 575 g/mol. The summed E-state index contributed by atoms with van der Waals surface area (Å²) in [6.07, 6.45) is 0.165. The minimum absolute atomic E-state index is 0.0314. The number of likely N-dealkylation sites (tertiary alicyclic amines) is 1. The highest BCUT2D eigenvalue weighted by Crippen LogP contribution is 2.29. The summed E-state index contributed by atoms with van der Waals surface area (Å²) in [5.41, 5.74) is 2.25. The minimum Gasteiger partial charge on any atom is -0.378 e. The van der Waals surface area contributed by atoms with Gasteiger partial charge in [-0.1, -0.05) is 42.5 Å². The first-order valence-corrected chi connectivity index (χ1v) is 14.5. The second-order valence-corrected chi connectivity index (χ2v) is 11.0. The molecule has 11 heteroatoms. The Bertz CT molecular complexity index is 1520. The molecule has 1 N–H and O–H groups in total. The number of rotatable bonds is 8. The lowest BCUT2D eigenvalue weighted by Gasteiger charge is -2.34. The van der Waals surface area contributed by atoms with Crippen LogP contribution in [0.3, 0.4) is 0 Å². The molecule has 2 fully saturated rings. The first kappa shape index (κ1) is 28.0. The van der Waals surface area contributed by atoms with Crippen LogP contribution >= 0.6 is 0 Å². The predicted octanol–water partition coefficient (Wildman–Crippen LogP) is 4.87. The number of nitrogens with one attached hydrogen (secondary N) is 1. The van der Waals surface area contributed by atoms with E-state index < -0.39 is 18.3 Å². The molecule has 2 aliphatic rings. The minimum atomic E-state index is -2.81. The summed E-state index contributed by atoms with van der Waals surface area (Å²) < 4.78 is 35.2. The Morgan fingerprint density at radius 2 is 1.74 bits per heavy atom. The van der Waals surface area contributed by atoms with Crippen molar-refractivity contribution in [2.75, 3.05) is 49.6 Å². The number of hydrogen-bond donors (Lipinski definition) is 1. The van der Waals surface area contributed by atoms with E-state index in [0.717, 1.165) is 19.3 Å². The summed E-state index contributed by atoms with van der Waals surface area (Å²) >= 11 is 0. The Balaban J connectivity index is 1.27. The lowest BCUT2D eigenvalue weighted by atomic mass is 9.91. The maximum Gasteiger partial charge on any atom is 0.296 e. The number of piperidine rings is 1. The van der Waals surface area contributed by atoms with Crippen molar-refractivity contribution in [2.45, 2.75) is 38.7 Å². The van der Waals surface area contributed by atoms with Crippen molar-refractivity contribution in [2.24, 2.45) is 5.92 Å². The number of imidazole rings is 1. The van der Waals surface area contributed by atoms with Gasteiger partial charge >= 0.3 is 0 Å². The van der Waals surface area contributed by atoms with Crippen molar-refractivity contribution >= 4 is 28.7 Å². The van der Waals surface area contributed by atoms with Crippen molar-refractivity contribution in [3.63, 3.8) is 0 Å². The number of fused-ring (bicyclic) bond motifs is 1. The van der Waals surface area contributed by atoms with Crippen molar-refractivity contribution in [3.8, 4) is 5.82 Å². The molecule has 9 nitrogen and oxygen atoms in total. The number of benzene rings is 2. The van der Waals surface area contributed by atoms with E-state index in [2.05, 4.69) is 27.4 Å². The largest absolute Gasteiger partial charge is 0.378 e. The fourth-order valence-corrected chi connectivity index (χ4v) is 5.90. The number of aromatic nitrogens is 4. The average Bonchev–Trinajstić information content (AvgIpc) is 3.42. The normalized spacial score (nSPS) is 18.4. The van der Waals surface area contributed by atoms with Crippen LogP contribution in [0.2, 0.25) is 0 Å². The topological polar surface area (TPSA) is 88.4 Å². The molecule has 4 heterocycles. The number of hydrogen-bond acceptors (Lipinski definition) is 7. The van der Waals surface area contributed by atoms with Crippen molar-refractivity contribution in [3.05, 3.63) is 72.1 Å². The summed E-state index contributed by atoms with van der Waals surface area (Å²) in [5.74, 6) is 1.01. The van der Waals surface area contributed by atoms with Crippen LogP contribution in [-0.2, 0) is 16.0 Å². The second kappa shape index (κ2) is 12.4. The second-order valence-electron chi connectivity index (χ2n) is 11.0. The van der Waals surface area contributed by atoms with E-state index in [0.29, 0.717) is 62.2 Å². The summed E-state index contributed by atoms with van der Waals surface area (Å²) in [6, 6.07) is 18.4. The third-order valence-corrected chi connectivity index (χ3v) is 7.96. The first-order valence-electron chi connectivity index (χ1n) is 14.5. The molecule has 0 bridgehead atoms. The summed E-state index contributed by atoms with van der Waals surface area (Å²) in [4.78, 5) is 31.1. The van der Waals surface area contributed by atoms with Gasteiger partial charge in [0.15, 0.2) is 5.82 Å². The number of carbonyl (C=O) groups excluding carboxylic acids is 1. The van der Waals surface area contributed by atoms with Crippen LogP contribution in [0, 0.1) is 5.92 Å². The van der Waals surface area contributed by atoms with Crippen LogP contribution in [-0.4, -0.2) is 75.8 Å². The van der Waals surface area contributed by atoms with Gasteiger partial charge in [0, 0.05) is 32.2 Å². The molecule has 1 unspecified atom stereocenters. The van der Waals surface area contributed by atoms with Gasteiger partial charge in [-0.15, -0.1) is 0 Å². The molecule has 2 aromatic heterocycles. The quantitative estimate of drug-likeness (QED) is 0.321. The molecule has 2 aliphatic heterocycles. The number of carbonyl (C=O) groups is 1. The lowest BCUT2D eigenvalue weighted by Crippen LogP contribution is -2.47. The van der Waals surface area contributed by atoms with Gasteiger partial charge in [0.2, 0.25) is 11.9 Å². The molecule has 6 rings (SSSR count). The van der Waals surface area contributed by atoms with Crippen LogP contribution in [0.1, 0.15) is 37.6 Å². The Kier molecular flexibility index (Phi) is 8.27. The lowest BCUT2D eigenvalue weighted by molar-refractivity contribution is -0.133. The van der Waals surface area contributed by atoms with Gasteiger partial charge in [-0.3, -0.25) is 9.36 Å². The Morgan fingerprint density at radius 1 is 1.00 bits per heavy atom. The number of para-hydroxylation sites is 2. The van der Waals surface area contributed by atoms with E-state index in [1.165, 1.54) is 10.1 Å². The molecular formula is C31H35F2N7O2. The zero-order valence-electron chi connectivity index (χ0n) is 23.6. The molecule has 0 aliphatic carbocycles. The summed E-state index contributed by atoms with van der Waals surface area (Å²) in [6.45, 7) is 5.47. The van der Waals surface area contributed by atoms with E-state index in [-0.39, 0.29) is 17.7 Å². The molecule has 2 atom stereocenters. The third kappa shape index (κ3) is 6.06. The maximum atomic E-state index is 14.2. The molecular weight excluding hydrogens is 540 g/mol.